The van der Waals surface area contributed by atoms with Crippen molar-refractivity contribution in [2.45, 2.75) is 6.42 Å². The van der Waals surface area contributed by atoms with Crippen LogP contribution in [0.5, 0.6) is 0 Å². The quantitative estimate of drug-likeness (QED) is 0.552. The topological polar surface area (TPSA) is 18.5 Å². The van der Waals surface area contributed by atoms with Gasteiger partial charge in [-0.25, -0.2) is 0 Å². The highest BCUT2D eigenvalue weighted by atomic mass is 79.9. The van der Waals surface area contributed by atoms with E-state index in [1.54, 1.807) is 14.2 Å². The van der Waals surface area contributed by atoms with Crippen molar-refractivity contribution in [3.8, 4) is 0 Å². The van der Waals surface area contributed by atoms with Crippen LogP contribution in [0.15, 0.2) is 0 Å². The lowest BCUT2D eigenvalue weighted by molar-refractivity contribution is 0.309. The second-order valence-corrected chi connectivity index (χ2v) is 3.99. The first-order valence-corrected chi connectivity index (χ1v) is 5.74. The maximum Gasteiger partial charge on any atom is 0.303 e. The van der Waals surface area contributed by atoms with Gasteiger partial charge in [0.1, 0.15) is 0 Å². The van der Waals surface area contributed by atoms with Crippen LogP contribution in [0.2, 0.25) is 0 Å². The Morgan fingerprint density at radius 3 is 1.90 bits per heavy atom. The number of halogens is 2. The molecular weight excluding hydrogens is 235 g/mol. The maximum atomic E-state index is 5.27. The molecule has 0 radical (unpaired) electrons. The van der Waals surface area contributed by atoms with Crippen LogP contribution in [0, 0.1) is 0 Å². The molecule has 0 aliphatic rings. The Bertz CT molecular complexity index is 40.6. The number of hydrogen-bond acceptors (Lipinski definition) is 2. The standard InChI is InChI=1S/C3H6BrCl.C2H8O2Si/c4-2-1-3-5;1-3-5-4-2/h1-3H2;5H2,1-2H3. The Balaban J connectivity index is 0. The monoisotopic (exact) mass is 248 g/mol. The van der Waals surface area contributed by atoms with E-state index >= 15 is 0 Å². The molecule has 0 spiro atoms. The molecule has 2 nitrogen and oxygen atoms in total. The van der Waals surface area contributed by atoms with Gasteiger partial charge in [-0.1, -0.05) is 15.9 Å². The SMILES string of the molecule is CO[SiH2]OC.ClCCCBr. The second-order valence-electron chi connectivity index (χ2n) is 1.43. The van der Waals surface area contributed by atoms with Crippen LogP contribution in [0.4, 0.5) is 0 Å². The van der Waals surface area contributed by atoms with Gasteiger partial charge in [-0.3, -0.25) is 0 Å². The van der Waals surface area contributed by atoms with Crippen molar-refractivity contribution in [3.05, 3.63) is 0 Å². The van der Waals surface area contributed by atoms with E-state index in [2.05, 4.69) is 24.8 Å². The van der Waals surface area contributed by atoms with Gasteiger partial charge >= 0.3 is 10.0 Å². The van der Waals surface area contributed by atoms with Crippen LogP contribution in [0.25, 0.3) is 0 Å². The summed E-state index contributed by atoms with van der Waals surface area (Å²) in [5.41, 5.74) is 0. The third kappa shape index (κ3) is 23.1. The smallest absolute Gasteiger partial charge is 0.303 e. The van der Waals surface area contributed by atoms with Gasteiger partial charge in [0.05, 0.1) is 0 Å². The summed E-state index contributed by atoms with van der Waals surface area (Å²) in [7, 11) is 2.73. The van der Waals surface area contributed by atoms with E-state index in [1.807, 2.05) is 0 Å². The van der Waals surface area contributed by atoms with Gasteiger partial charge in [0.25, 0.3) is 0 Å². The lowest BCUT2D eigenvalue weighted by Gasteiger charge is -1.86. The second kappa shape index (κ2) is 16.5. The molecule has 0 aromatic rings. The summed E-state index contributed by atoms with van der Waals surface area (Å²) in [6, 6.07) is 0. The van der Waals surface area contributed by atoms with Crippen LogP contribution >= 0.6 is 27.5 Å². The molecule has 0 aromatic carbocycles. The van der Waals surface area contributed by atoms with Crippen LogP contribution in [-0.2, 0) is 8.85 Å². The molecule has 0 heterocycles. The summed E-state index contributed by atoms with van der Waals surface area (Å²) in [4.78, 5) is 0. The molecule has 0 atom stereocenters. The number of hydrogen-bond donors (Lipinski definition) is 0. The van der Waals surface area contributed by atoms with Gasteiger partial charge in [-0.05, 0) is 6.42 Å². The van der Waals surface area contributed by atoms with Gasteiger partial charge in [0.15, 0.2) is 0 Å². The Labute approximate surface area is 78.4 Å². The van der Waals surface area contributed by atoms with Crippen LogP contribution in [0.1, 0.15) is 6.42 Å². The summed E-state index contributed by atoms with van der Waals surface area (Å²) in [6.07, 6.45) is 1.07. The van der Waals surface area contributed by atoms with Gasteiger partial charge in [-0.15, -0.1) is 11.6 Å². The Hall–Kier alpha value is 0.907. The van der Waals surface area contributed by atoms with E-state index < -0.39 is 10.0 Å². The average molecular weight is 250 g/mol. The molecule has 0 fully saturated rings. The fourth-order valence-corrected chi connectivity index (χ4v) is 1.14. The van der Waals surface area contributed by atoms with Crippen molar-refractivity contribution in [3.63, 3.8) is 0 Å². The van der Waals surface area contributed by atoms with Gasteiger partial charge in [0.2, 0.25) is 0 Å². The molecule has 5 heteroatoms. The van der Waals surface area contributed by atoms with E-state index in [1.165, 1.54) is 0 Å². The summed E-state index contributed by atoms with van der Waals surface area (Å²) >= 11 is 8.50. The molecule has 0 rings (SSSR count). The van der Waals surface area contributed by atoms with Crippen molar-refractivity contribution in [1.82, 2.24) is 0 Å². The lowest BCUT2D eigenvalue weighted by Crippen LogP contribution is -1.93. The van der Waals surface area contributed by atoms with Crippen molar-refractivity contribution in [2.75, 3.05) is 25.4 Å². The van der Waals surface area contributed by atoms with Crippen LogP contribution < -0.4 is 0 Å². The van der Waals surface area contributed by atoms with Crippen LogP contribution in [-0.4, -0.2) is 35.4 Å². The molecule has 0 amide bonds. The summed E-state index contributed by atoms with van der Waals surface area (Å²) in [5, 5.41) is 1.02. The molecule has 0 aliphatic heterocycles. The van der Waals surface area contributed by atoms with Gasteiger partial charge in [0, 0.05) is 25.4 Å². The highest BCUT2D eigenvalue weighted by Gasteiger charge is 1.71. The summed E-state index contributed by atoms with van der Waals surface area (Å²) in [5.74, 6) is 0.769. The molecule has 0 saturated heterocycles. The predicted octanol–water partition coefficient (Wildman–Crippen LogP) is 1.29. The van der Waals surface area contributed by atoms with E-state index in [0.29, 0.717) is 0 Å². The third-order valence-corrected chi connectivity index (χ3v) is 1.80. The van der Waals surface area contributed by atoms with E-state index in [4.69, 9.17) is 11.6 Å². The Morgan fingerprint density at radius 1 is 1.40 bits per heavy atom. The normalized spacial score (nSPS) is 8.40. The molecule has 10 heavy (non-hydrogen) atoms. The van der Waals surface area contributed by atoms with Crippen molar-refractivity contribution >= 4 is 37.5 Å². The predicted molar refractivity (Wildman–Crippen MR) is 51.7 cm³/mol. The average Bonchev–Trinajstić information content (AvgIpc) is 1.93. The summed E-state index contributed by atoms with van der Waals surface area (Å²) in [6.45, 7) is 0. The van der Waals surface area contributed by atoms with E-state index in [-0.39, 0.29) is 0 Å². The molecular formula is C5H14BrClO2Si. The molecule has 0 unspecified atom stereocenters. The molecule has 0 bridgehead atoms. The van der Waals surface area contributed by atoms with Gasteiger partial charge < -0.3 is 8.85 Å². The Morgan fingerprint density at radius 2 is 1.90 bits per heavy atom. The minimum Gasteiger partial charge on any atom is -0.402 e. The van der Waals surface area contributed by atoms with Crippen LogP contribution in [0.3, 0.4) is 0 Å². The zero-order valence-corrected chi connectivity index (χ0v) is 10.2. The minimum absolute atomic E-state index is 0.568. The summed E-state index contributed by atoms with van der Waals surface area (Å²) < 4.78 is 9.22. The fourth-order valence-electron chi connectivity index (χ4n) is 0.168. The zero-order chi connectivity index (χ0) is 8.24. The van der Waals surface area contributed by atoms with E-state index in [9.17, 15) is 0 Å². The fraction of sp³-hybridized carbons (Fsp3) is 1.00. The highest BCUT2D eigenvalue weighted by molar-refractivity contribution is 9.09. The van der Waals surface area contributed by atoms with Crippen molar-refractivity contribution in [2.24, 2.45) is 0 Å². The van der Waals surface area contributed by atoms with Crippen molar-refractivity contribution < 1.29 is 8.85 Å². The minimum atomic E-state index is -0.568. The van der Waals surface area contributed by atoms with E-state index in [0.717, 1.165) is 17.6 Å². The molecule has 0 aliphatic carbocycles. The first-order chi connectivity index (χ1) is 4.83. The Kier molecular flexibility index (Phi) is 22.2. The molecule has 64 valence electrons. The first-order valence-electron chi connectivity index (χ1n) is 2.93. The number of alkyl halides is 2. The molecule has 0 saturated carbocycles. The molecule has 0 N–H and O–H groups in total. The maximum absolute atomic E-state index is 5.27. The lowest BCUT2D eigenvalue weighted by atomic mass is 10.6. The third-order valence-electron chi connectivity index (χ3n) is 0.503. The number of rotatable bonds is 4. The van der Waals surface area contributed by atoms with Gasteiger partial charge in [-0.2, -0.15) is 0 Å². The first kappa shape index (κ1) is 13.5. The molecule has 0 aromatic heterocycles. The largest absolute Gasteiger partial charge is 0.402 e. The van der Waals surface area contributed by atoms with Crippen molar-refractivity contribution in [1.29, 1.82) is 0 Å². The highest BCUT2D eigenvalue weighted by Crippen LogP contribution is 1.87. The zero-order valence-electron chi connectivity index (χ0n) is 6.40.